The van der Waals surface area contributed by atoms with Crippen LogP contribution in [0.25, 0.3) is 10.9 Å². The van der Waals surface area contributed by atoms with E-state index in [2.05, 4.69) is 10.0 Å². The van der Waals surface area contributed by atoms with E-state index in [0.29, 0.717) is 0 Å². The molecule has 0 amide bonds. The van der Waals surface area contributed by atoms with Gasteiger partial charge in [0, 0.05) is 16.6 Å². The largest absolute Gasteiger partial charge is 0.252 e. The molecule has 0 aliphatic heterocycles. The third-order valence-electron chi connectivity index (χ3n) is 3.29. The summed E-state index contributed by atoms with van der Waals surface area (Å²) < 4.78 is 0. The monoisotopic (exact) mass is 225 g/mol. The summed E-state index contributed by atoms with van der Waals surface area (Å²) in [4.78, 5) is 7.91. The second-order valence-corrected chi connectivity index (χ2v) is 4.31. The van der Waals surface area contributed by atoms with Crippen molar-refractivity contribution in [1.82, 2.24) is 9.90 Å². The van der Waals surface area contributed by atoms with E-state index < -0.39 is 0 Å². The van der Waals surface area contributed by atoms with Crippen molar-refractivity contribution in [3.8, 4) is 0 Å². The third-order valence-corrected chi connectivity index (χ3v) is 3.29. The van der Waals surface area contributed by atoms with E-state index in [1.807, 2.05) is 24.3 Å². The van der Waals surface area contributed by atoms with E-state index in [1.165, 1.54) is 18.4 Å². The first-order chi connectivity index (χ1) is 8.40. The molecule has 1 aliphatic rings. The molecule has 1 aliphatic carbocycles. The summed E-state index contributed by atoms with van der Waals surface area (Å²) in [6.07, 6.45) is 4.38. The Labute approximate surface area is 98.9 Å². The summed E-state index contributed by atoms with van der Waals surface area (Å²) in [5.74, 6) is 0. The van der Waals surface area contributed by atoms with Crippen molar-refractivity contribution in [2.24, 2.45) is 5.11 Å². The minimum Gasteiger partial charge on any atom is -0.252 e. The van der Waals surface area contributed by atoms with E-state index in [-0.39, 0.29) is 0 Å². The lowest BCUT2D eigenvalue weighted by Crippen LogP contribution is -2.06. The summed E-state index contributed by atoms with van der Waals surface area (Å²) in [5.41, 5.74) is 11.1. The smallest absolute Gasteiger partial charge is 0.220 e. The molecule has 4 heteroatoms. The van der Waals surface area contributed by atoms with Crippen LogP contribution in [0.4, 0.5) is 5.69 Å². The van der Waals surface area contributed by atoms with Crippen LogP contribution in [0.15, 0.2) is 29.4 Å². The number of nitrogens with zero attached hydrogens (tertiary/aromatic N) is 3. The molecule has 0 spiro atoms. The first kappa shape index (κ1) is 10.1. The van der Waals surface area contributed by atoms with Crippen molar-refractivity contribution in [2.75, 3.05) is 0 Å². The van der Waals surface area contributed by atoms with E-state index in [0.717, 1.165) is 35.1 Å². The van der Waals surface area contributed by atoms with Gasteiger partial charge in [-0.2, -0.15) is 0 Å². The van der Waals surface area contributed by atoms with Crippen molar-refractivity contribution < 1.29 is 0 Å². The zero-order valence-corrected chi connectivity index (χ0v) is 9.48. The molecule has 1 heterocycles. The number of rotatable bonds is 1. The number of pyridine rings is 1. The fourth-order valence-corrected chi connectivity index (χ4v) is 2.51. The average molecular weight is 225 g/mol. The quantitative estimate of drug-likeness (QED) is 0.587. The first-order valence-corrected chi connectivity index (χ1v) is 5.88. The molecule has 0 saturated heterocycles. The van der Waals surface area contributed by atoms with Gasteiger partial charge in [0.1, 0.15) is 5.53 Å². The molecule has 0 bridgehead atoms. The van der Waals surface area contributed by atoms with E-state index in [1.54, 1.807) is 0 Å². The van der Waals surface area contributed by atoms with E-state index in [9.17, 15) is 0 Å². The molecule has 1 N–H and O–H groups in total. The Morgan fingerprint density at radius 2 is 2.00 bits per heavy atom. The number of hydrogen-bond acceptors (Lipinski definition) is 3. The van der Waals surface area contributed by atoms with Crippen molar-refractivity contribution in [2.45, 2.75) is 25.7 Å². The van der Waals surface area contributed by atoms with Gasteiger partial charge in [-0.05, 0) is 31.7 Å². The van der Waals surface area contributed by atoms with Gasteiger partial charge in [0.2, 0.25) is 4.91 Å². The Morgan fingerprint density at radius 1 is 1.18 bits per heavy atom. The molecule has 0 fully saturated rings. The molecule has 0 atom stereocenters. The normalized spacial score (nSPS) is 14.1. The maximum absolute atomic E-state index is 6.97. The molecule has 0 radical (unpaired) electrons. The number of fused-ring (bicyclic) bond motifs is 2. The predicted molar refractivity (Wildman–Crippen MR) is 65.3 cm³/mol. The summed E-state index contributed by atoms with van der Waals surface area (Å²) in [6.45, 7) is 0. The Morgan fingerprint density at radius 3 is 2.88 bits per heavy atom. The molecule has 17 heavy (non-hydrogen) atoms. The lowest BCUT2D eigenvalue weighted by Gasteiger charge is -2.16. The summed E-state index contributed by atoms with van der Waals surface area (Å²) in [7, 11) is 0. The van der Waals surface area contributed by atoms with E-state index in [4.69, 9.17) is 10.5 Å². The molecular formula is C13H13N4+. The second kappa shape index (κ2) is 4.07. The Kier molecular flexibility index (Phi) is 2.42. The highest BCUT2D eigenvalue weighted by molar-refractivity contribution is 5.91. The van der Waals surface area contributed by atoms with Gasteiger partial charge in [0.15, 0.2) is 10.8 Å². The van der Waals surface area contributed by atoms with Crippen molar-refractivity contribution >= 4 is 16.6 Å². The molecule has 0 saturated carbocycles. The van der Waals surface area contributed by atoms with Crippen LogP contribution >= 0.6 is 0 Å². The number of nitrogens with one attached hydrogen (secondary N) is 1. The third kappa shape index (κ3) is 1.63. The molecular weight excluding hydrogens is 212 g/mol. The van der Waals surface area contributed by atoms with Gasteiger partial charge < -0.3 is 0 Å². The minimum atomic E-state index is 0.848. The van der Waals surface area contributed by atoms with Gasteiger partial charge in [0.25, 0.3) is 0 Å². The van der Waals surface area contributed by atoms with Gasteiger partial charge >= 0.3 is 0 Å². The molecule has 1 aromatic heterocycles. The second-order valence-electron chi connectivity index (χ2n) is 4.31. The number of benzene rings is 1. The van der Waals surface area contributed by atoms with Crippen LogP contribution in [0.5, 0.6) is 0 Å². The van der Waals surface area contributed by atoms with Crippen molar-refractivity contribution in [3.63, 3.8) is 0 Å². The van der Waals surface area contributed by atoms with Crippen LogP contribution in [-0.2, 0) is 12.8 Å². The lowest BCUT2D eigenvalue weighted by molar-refractivity contribution is 0.671. The highest BCUT2D eigenvalue weighted by Crippen LogP contribution is 2.34. The Hall–Kier alpha value is -2.06. The predicted octanol–water partition coefficient (Wildman–Crippen LogP) is 3.30. The van der Waals surface area contributed by atoms with Crippen LogP contribution < -0.4 is 4.91 Å². The number of aromatic nitrogens is 1. The van der Waals surface area contributed by atoms with Gasteiger partial charge in [0.05, 0.1) is 5.52 Å². The van der Waals surface area contributed by atoms with Crippen LogP contribution in [0, 0.1) is 5.53 Å². The molecule has 3 rings (SSSR count). The Balaban J connectivity index is 2.40. The number of aryl methyl sites for hydroxylation is 1. The lowest BCUT2D eigenvalue weighted by atomic mass is 9.93. The number of hydrogen-bond donors (Lipinski definition) is 1. The van der Waals surface area contributed by atoms with Gasteiger partial charge in [-0.25, -0.2) is 0 Å². The zero-order valence-electron chi connectivity index (χ0n) is 9.48. The average Bonchev–Trinajstić information content (AvgIpc) is 2.39. The fraction of sp³-hybridized carbons (Fsp3) is 0.308. The summed E-state index contributed by atoms with van der Waals surface area (Å²) >= 11 is 0. The van der Waals surface area contributed by atoms with Crippen molar-refractivity contribution in [1.29, 1.82) is 5.53 Å². The highest BCUT2D eigenvalue weighted by atomic mass is 15.1. The summed E-state index contributed by atoms with van der Waals surface area (Å²) in [6, 6.07) is 7.95. The van der Waals surface area contributed by atoms with Crippen molar-refractivity contribution in [3.05, 3.63) is 35.5 Å². The Bertz CT molecular complexity index is 627. The van der Waals surface area contributed by atoms with Gasteiger partial charge in [-0.15, -0.1) is 0 Å². The van der Waals surface area contributed by atoms with Gasteiger partial charge in [-0.1, -0.05) is 18.2 Å². The standard InChI is InChI=1S/C13H13N4/c14-17-16-13-9-5-1-3-7-11(9)15-12-8-4-2-6-10(12)13/h1,3,5,7,14H,2,4,6,8H2/q+1. The van der Waals surface area contributed by atoms with Crippen LogP contribution in [0.2, 0.25) is 0 Å². The maximum atomic E-state index is 6.97. The van der Waals surface area contributed by atoms with Crippen LogP contribution in [0.3, 0.4) is 0 Å². The molecule has 0 unspecified atom stereocenters. The van der Waals surface area contributed by atoms with E-state index >= 15 is 0 Å². The van der Waals surface area contributed by atoms with Crippen LogP contribution in [-0.4, -0.2) is 4.98 Å². The maximum Gasteiger partial charge on any atom is 0.220 e. The molecule has 1 aromatic carbocycles. The topological polar surface area (TPSA) is 63.2 Å². The highest BCUT2D eigenvalue weighted by Gasteiger charge is 2.20. The first-order valence-electron chi connectivity index (χ1n) is 5.88. The van der Waals surface area contributed by atoms with Gasteiger partial charge in [-0.3, -0.25) is 4.98 Å². The molecule has 84 valence electrons. The SMILES string of the molecule is N=[N+]=Nc1c2c(nc3ccccc13)CCCC2. The summed E-state index contributed by atoms with van der Waals surface area (Å²) in [5, 5.41) is 5.00. The zero-order chi connectivity index (χ0) is 11.7. The van der Waals surface area contributed by atoms with Crippen LogP contribution in [0.1, 0.15) is 24.1 Å². The molecule has 4 nitrogen and oxygen atoms in total. The number of para-hydroxylation sites is 1. The molecule has 2 aromatic rings. The minimum absolute atomic E-state index is 0.848. The fourth-order valence-electron chi connectivity index (χ4n) is 2.51.